The Morgan fingerprint density at radius 3 is 2.54 bits per heavy atom. The molecule has 2 amide bonds. The molecule has 2 unspecified atom stereocenters. The minimum absolute atomic E-state index is 0.228. The van der Waals surface area contributed by atoms with Crippen molar-refractivity contribution in [3.8, 4) is 0 Å². The number of nitrogens with two attached hydrogens (primary N) is 1. The molecule has 1 saturated heterocycles. The molecule has 0 aromatic carbocycles. The van der Waals surface area contributed by atoms with Crippen LogP contribution in [0.4, 0.5) is 4.79 Å². The number of carboxylic acids is 1. The standard InChI is InChI=1S/C7H12N2O4/c1-13-4-2-5(6(10)11)9(3-4)7(8)12/h4-5H,2-3H2,1H3,(H2,8,12)(H,10,11). The van der Waals surface area contributed by atoms with E-state index in [1.54, 1.807) is 0 Å². The van der Waals surface area contributed by atoms with Gasteiger partial charge in [-0.25, -0.2) is 9.59 Å². The van der Waals surface area contributed by atoms with Gasteiger partial charge >= 0.3 is 12.0 Å². The number of aliphatic carboxylic acids is 1. The third kappa shape index (κ3) is 1.89. The Hall–Kier alpha value is -1.30. The molecule has 2 atom stereocenters. The predicted molar refractivity (Wildman–Crippen MR) is 43.1 cm³/mol. The summed E-state index contributed by atoms with van der Waals surface area (Å²) in [6, 6.07) is -1.56. The summed E-state index contributed by atoms with van der Waals surface area (Å²) in [4.78, 5) is 22.6. The molecule has 0 radical (unpaired) electrons. The Morgan fingerprint density at radius 1 is 1.62 bits per heavy atom. The van der Waals surface area contributed by atoms with Crippen molar-refractivity contribution in [2.75, 3.05) is 13.7 Å². The highest BCUT2D eigenvalue weighted by Crippen LogP contribution is 2.19. The van der Waals surface area contributed by atoms with Crippen molar-refractivity contribution in [1.82, 2.24) is 4.90 Å². The van der Waals surface area contributed by atoms with E-state index in [1.165, 1.54) is 7.11 Å². The SMILES string of the molecule is COC1CC(C(=O)O)N(C(N)=O)C1. The van der Waals surface area contributed by atoms with E-state index >= 15 is 0 Å². The van der Waals surface area contributed by atoms with Crippen molar-refractivity contribution in [1.29, 1.82) is 0 Å². The summed E-state index contributed by atoms with van der Waals surface area (Å²) in [6.07, 6.45) is 0.0722. The van der Waals surface area contributed by atoms with Gasteiger partial charge in [0.2, 0.25) is 0 Å². The fraction of sp³-hybridized carbons (Fsp3) is 0.714. The molecule has 6 heteroatoms. The Bertz CT molecular complexity index is 209. The van der Waals surface area contributed by atoms with Crippen LogP contribution in [0.15, 0.2) is 0 Å². The molecule has 0 spiro atoms. The third-order valence-corrected chi connectivity index (χ3v) is 2.16. The van der Waals surface area contributed by atoms with Crippen LogP contribution in [0, 0.1) is 0 Å². The van der Waals surface area contributed by atoms with Gasteiger partial charge in [-0.05, 0) is 0 Å². The molecular weight excluding hydrogens is 176 g/mol. The zero-order chi connectivity index (χ0) is 10.0. The maximum Gasteiger partial charge on any atom is 0.326 e. The number of rotatable bonds is 2. The molecule has 0 bridgehead atoms. The first-order valence-electron chi connectivity index (χ1n) is 3.88. The smallest absolute Gasteiger partial charge is 0.326 e. The zero-order valence-electron chi connectivity index (χ0n) is 7.27. The fourth-order valence-electron chi connectivity index (χ4n) is 1.45. The molecule has 74 valence electrons. The number of methoxy groups -OCH3 is 1. The van der Waals surface area contributed by atoms with Crippen LogP contribution in [0.3, 0.4) is 0 Å². The summed E-state index contributed by atoms with van der Waals surface area (Å²) >= 11 is 0. The normalized spacial score (nSPS) is 27.6. The number of hydrogen-bond donors (Lipinski definition) is 2. The topological polar surface area (TPSA) is 92.9 Å². The van der Waals surface area contributed by atoms with E-state index in [2.05, 4.69) is 0 Å². The quantitative estimate of drug-likeness (QED) is 0.595. The Labute approximate surface area is 75.3 Å². The second kappa shape index (κ2) is 3.61. The van der Waals surface area contributed by atoms with Crippen LogP contribution in [-0.2, 0) is 9.53 Å². The molecule has 6 nitrogen and oxygen atoms in total. The molecule has 0 saturated carbocycles. The van der Waals surface area contributed by atoms with Crippen molar-refractivity contribution >= 4 is 12.0 Å². The van der Waals surface area contributed by atoms with E-state index in [1.807, 2.05) is 0 Å². The van der Waals surface area contributed by atoms with Gasteiger partial charge in [-0.1, -0.05) is 0 Å². The van der Waals surface area contributed by atoms with Gasteiger partial charge in [0.15, 0.2) is 0 Å². The van der Waals surface area contributed by atoms with Gasteiger partial charge in [-0.2, -0.15) is 0 Å². The Morgan fingerprint density at radius 2 is 2.23 bits per heavy atom. The average Bonchev–Trinajstić information content (AvgIpc) is 2.47. The number of primary amides is 1. The number of nitrogens with zero attached hydrogens (tertiary/aromatic N) is 1. The van der Waals surface area contributed by atoms with Gasteiger partial charge in [-0.3, -0.25) is 0 Å². The highest BCUT2D eigenvalue weighted by molar-refractivity contribution is 5.82. The number of carbonyl (C=O) groups excluding carboxylic acids is 1. The van der Waals surface area contributed by atoms with Gasteiger partial charge in [0.05, 0.1) is 6.10 Å². The molecular formula is C7H12N2O4. The van der Waals surface area contributed by atoms with E-state index in [4.69, 9.17) is 15.6 Å². The highest BCUT2D eigenvalue weighted by atomic mass is 16.5. The second-order valence-electron chi connectivity index (χ2n) is 2.94. The largest absolute Gasteiger partial charge is 0.480 e. The zero-order valence-corrected chi connectivity index (χ0v) is 7.27. The first kappa shape index (κ1) is 9.79. The number of amides is 2. The van der Waals surface area contributed by atoms with E-state index in [-0.39, 0.29) is 12.6 Å². The highest BCUT2D eigenvalue weighted by Gasteiger charge is 2.38. The first-order valence-corrected chi connectivity index (χ1v) is 3.88. The van der Waals surface area contributed by atoms with E-state index in [0.717, 1.165) is 4.90 Å². The lowest BCUT2D eigenvalue weighted by molar-refractivity contribution is -0.141. The number of urea groups is 1. The van der Waals surface area contributed by atoms with Crippen molar-refractivity contribution < 1.29 is 19.4 Å². The number of carbonyl (C=O) groups is 2. The lowest BCUT2D eigenvalue weighted by Gasteiger charge is -2.17. The molecule has 0 aromatic rings. The van der Waals surface area contributed by atoms with Crippen LogP contribution in [-0.4, -0.2) is 47.8 Å². The predicted octanol–water partition coefficient (Wildman–Crippen LogP) is -0.761. The molecule has 1 aliphatic rings. The summed E-state index contributed by atoms with van der Waals surface area (Å²) in [6.45, 7) is 0.253. The van der Waals surface area contributed by atoms with Crippen LogP contribution >= 0.6 is 0 Å². The first-order chi connectivity index (χ1) is 6.06. The molecule has 1 aliphatic heterocycles. The number of hydrogen-bond acceptors (Lipinski definition) is 3. The molecule has 0 aromatic heterocycles. The Kier molecular flexibility index (Phi) is 2.72. The van der Waals surface area contributed by atoms with Gasteiger partial charge in [-0.15, -0.1) is 0 Å². The molecule has 1 heterocycles. The summed E-state index contributed by atoms with van der Waals surface area (Å²) in [7, 11) is 1.48. The van der Waals surface area contributed by atoms with Crippen molar-refractivity contribution in [2.24, 2.45) is 5.73 Å². The summed E-state index contributed by atoms with van der Waals surface area (Å²) in [5.41, 5.74) is 5.01. The molecule has 1 rings (SSSR count). The summed E-state index contributed by atoms with van der Waals surface area (Å²) < 4.78 is 4.96. The molecule has 3 N–H and O–H groups in total. The van der Waals surface area contributed by atoms with Gasteiger partial charge in [0.25, 0.3) is 0 Å². The number of ether oxygens (including phenoxy) is 1. The van der Waals surface area contributed by atoms with Crippen LogP contribution < -0.4 is 5.73 Å². The van der Waals surface area contributed by atoms with Gasteiger partial charge < -0.3 is 20.5 Å². The van der Waals surface area contributed by atoms with E-state index < -0.39 is 18.0 Å². The lowest BCUT2D eigenvalue weighted by atomic mass is 10.2. The van der Waals surface area contributed by atoms with Crippen LogP contribution in [0.5, 0.6) is 0 Å². The van der Waals surface area contributed by atoms with Crippen molar-refractivity contribution in [3.63, 3.8) is 0 Å². The van der Waals surface area contributed by atoms with E-state index in [0.29, 0.717) is 6.42 Å². The lowest BCUT2D eigenvalue weighted by Crippen LogP contribution is -2.43. The van der Waals surface area contributed by atoms with Gasteiger partial charge in [0, 0.05) is 20.1 Å². The maximum atomic E-state index is 10.8. The second-order valence-corrected chi connectivity index (χ2v) is 2.94. The van der Waals surface area contributed by atoms with Crippen LogP contribution in [0.1, 0.15) is 6.42 Å². The van der Waals surface area contributed by atoms with Crippen molar-refractivity contribution in [2.45, 2.75) is 18.6 Å². The Balaban J connectivity index is 2.71. The van der Waals surface area contributed by atoms with Crippen LogP contribution in [0.25, 0.3) is 0 Å². The van der Waals surface area contributed by atoms with Gasteiger partial charge in [0.1, 0.15) is 6.04 Å². The monoisotopic (exact) mass is 188 g/mol. The van der Waals surface area contributed by atoms with E-state index in [9.17, 15) is 9.59 Å². The number of likely N-dealkylation sites (tertiary alicyclic amines) is 1. The minimum atomic E-state index is -1.04. The minimum Gasteiger partial charge on any atom is -0.480 e. The average molecular weight is 188 g/mol. The maximum absolute atomic E-state index is 10.8. The summed E-state index contributed by atoms with van der Waals surface area (Å²) in [5, 5.41) is 8.74. The molecule has 1 fully saturated rings. The molecule has 13 heavy (non-hydrogen) atoms. The number of carboxylic acid groups (broad SMARTS) is 1. The van der Waals surface area contributed by atoms with Crippen molar-refractivity contribution in [3.05, 3.63) is 0 Å². The summed E-state index contributed by atoms with van der Waals surface area (Å²) in [5.74, 6) is -1.04. The molecule has 0 aliphatic carbocycles. The van der Waals surface area contributed by atoms with Crippen LogP contribution in [0.2, 0.25) is 0 Å². The fourth-order valence-corrected chi connectivity index (χ4v) is 1.45. The third-order valence-electron chi connectivity index (χ3n) is 2.16.